The second kappa shape index (κ2) is 6.26. The van der Waals surface area contributed by atoms with Gasteiger partial charge < -0.3 is 4.90 Å². The summed E-state index contributed by atoms with van der Waals surface area (Å²) in [7, 11) is 0. The zero-order chi connectivity index (χ0) is 15.9. The summed E-state index contributed by atoms with van der Waals surface area (Å²) < 4.78 is 0. The van der Waals surface area contributed by atoms with Gasteiger partial charge >= 0.3 is 0 Å². The van der Waals surface area contributed by atoms with Crippen molar-refractivity contribution >= 4 is 5.82 Å². The number of nitrogens with zero attached hydrogens (tertiary/aromatic N) is 5. The van der Waals surface area contributed by atoms with Crippen molar-refractivity contribution in [1.82, 2.24) is 19.8 Å². The molecule has 2 saturated carbocycles. The van der Waals surface area contributed by atoms with Crippen LogP contribution in [0.4, 0.5) is 5.82 Å². The van der Waals surface area contributed by atoms with E-state index in [2.05, 4.69) is 19.7 Å². The van der Waals surface area contributed by atoms with Gasteiger partial charge in [-0.05, 0) is 38.0 Å². The van der Waals surface area contributed by atoms with Crippen LogP contribution in [0.15, 0.2) is 6.33 Å². The van der Waals surface area contributed by atoms with Crippen molar-refractivity contribution in [3.05, 3.63) is 17.6 Å². The molecular weight excluding hydrogens is 298 g/mol. The first kappa shape index (κ1) is 15.1. The molecule has 0 N–H and O–H groups in total. The van der Waals surface area contributed by atoms with Crippen molar-refractivity contribution in [3.63, 3.8) is 0 Å². The molecule has 3 heterocycles. The molecular formula is C19H29N5. The average molecular weight is 327 g/mol. The fourth-order valence-corrected chi connectivity index (χ4v) is 4.54. The predicted octanol–water partition coefficient (Wildman–Crippen LogP) is 1.92. The van der Waals surface area contributed by atoms with Gasteiger partial charge in [-0.3, -0.25) is 9.80 Å². The molecule has 1 aromatic heterocycles. The van der Waals surface area contributed by atoms with Crippen LogP contribution in [0.3, 0.4) is 0 Å². The summed E-state index contributed by atoms with van der Waals surface area (Å²) in [5.74, 6) is 2.20. The molecule has 0 amide bonds. The number of piperazine rings is 1. The van der Waals surface area contributed by atoms with E-state index in [0.29, 0.717) is 0 Å². The van der Waals surface area contributed by atoms with Gasteiger partial charge in [0.25, 0.3) is 0 Å². The van der Waals surface area contributed by atoms with Crippen LogP contribution < -0.4 is 4.90 Å². The number of hydrogen-bond acceptors (Lipinski definition) is 5. The van der Waals surface area contributed by atoms with Crippen LogP contribution >= 0.6 is 0 Å². The Hall–Kier alpha value is -1.20. The molecule has 5 heteroatoms. The molecule has 0 unspecified atom stereocenters. The van der Waals surface area contributed by atoms with Gasteiger partial charge in [-0.15, -0.1) is 0 Å². The second-order valence-electron chi connectivity index (χ2n) is 8.16. The molecule has 0 radical (unpaired) electrons. The van der Waals surface area contributed by atoms with E-state index < -0.39 is 0 Å². The van der Waals surface area contributed by atoms with E-state index in [-0.39, 0.29) is 0 Å². The highest BCUT2D eigenvalue weighted by Crippen LogP contribution is 2.33. The third kappa shape index (κ3) is 2.93. The lowest BCUT2D eigenvalue weighted by Gasteiger charge is -2.43. The van der Waals surface area contributed by atoms with Crippen LogP contribution in [0.1, 0.15) is 43.4 Å². The summed E-state index contributed by atoms with van der Waals surface area (Å²) in [4.78, 5) is 17.1. The summed E-state index contributed by atoms with van der Waals surface area (Å²) in [6.45, 7) is 8.17. The topological polar surface area (TPSA) is 35.5 Å². The Labute approximate surface area is 145 Å². The highest BCUT2D eigenvalue weighted by molar-refractivity contribution is 5.50. The van der Waals surface area contributed by atoms with Crippen LogP contribution in [-0.2, 0) is 13.0 Å². The first-order chi connectivity index (χ1) is 11.9. The molecule has 1 saturated heterocycles. The van der Waals surface area contributed by atoms with E-state index in [9.17, 15) is 0 Å². The standard InChI is InChI=1S/C19H29N5/c1-2-16(3-1)23-8-10-24(11-9-23)19-17-6-7-22(12-15-4-5-15)13-18(17)20-14-21-19/h14-16H,1-13H2. The van der Waals surface area contributed by atoms with Gasteiger partial charge in [-0.25, -0.2) is 9.97 Å². The zero-order valence-corrected chi connectivity index (χ0v) is 14.7. The second-order valence-corrected chi connectivity index (χ2v) is 8.16. The van der Waals surface area contributed by atoms with Crippen LogP contribution in [0.2, 0.25) is 0 Å². The van der Waals surface area contributed by atoms with Gasteiger partial charge in [0.2, 0.25) is 0 Å². The van der Waals surface area contributed by atoms with Gasteiger partial charge in [0.1, 0.15) is 12.1 Å². The quantitative estimate of drug-likeness (QED) is 0.844. The molecule has 0 aromatic carbocycles. The van der Waals surface area contributed by atoms with Gasteiger partial charge in [0.15, 0.2) is 0 Å². The molecule has 5 nitrogen and oxygen atoms in total. The Morgan fingerprint density at radius 3 is 2.50 bits per heavy atom. The summed E-state index contributed by atoms with van der Waals surface area (Å²) in [5.41, 5.74) is 2.72. The first-order valence-electron chi connectivity index (χ1n) is 9.91. The maximum Gasteiger partial charge on any atom is 0.135 e. The lowest BCUT2D eigenvalue weighted by molar-refractivity contribution is 0.120. The molecule has 2 aliphatic carbocycles. The number of aromatic nitrogens is 2. The molecule has 0 atom stereocenters. The van der Waals surface area contributed by atoms with E-state index >= 15 is 0 Å². The Balaban J connectivity index is 1.27. The van der Waals surface area contributed by atoms with E-state index in [1.807, 2.05) is 0 Å². The SMILES string of the molecule is c1nc2c(c(N3CCN(C4CCC4)CC3)n1)CCN(CC1CC1)C2. The monoisotopic (exact) mass is 327 g/mol. The Morgan fingerprint density at radius 1 is 0.958 bits per heavy atom. The van der Waals surface area contributed by atoms with Crippen LogP contribution in [-0.4, -0.2) is 65.1 Å². The van der Waals surface area contributed by atoms with E-state index in [0.717, 1.165) is 38.0 Å². The van der Waals surface area contributed by atoms with Crippen LogP contribution in [0.5, 0.6) is 0 Å². The predicted molar refractivity (Wildman–Crippen MR) is 95.2 cm³/mol. The molecule has 0 bridgehead atoms. The minimum Gasteiger partial charge on any atom is -0.354 e. The molecule has 130 valence electrons. The fourth-order valence-electron chi connectivity index (χ4n) is 4.54. The average Bonchev–Trinajstić information content (AvgIpc) is 3.37. The minimum atomic E-state index is 0.877. The molecule has 0 spiro atoms. The summed E-state index contributed by atoms with van der Waals surface area (Å²) in [6, 6.07) is 0.877. The van der Waals surface area contributed by atoms with Crippen molar-refractivity contribution in [1.29, 1.82) is 0 Å². The third-order valence-corrected chi connectivity index (χ3v) is 6.48. The molecule has 5 rings (SSSR count). The van der Waals surface area contributed by atoms with E-state index in [1.165, 1.54) is 75.4 Å². The Bertz CT molecular complexity index is 587. The van der Waals surface area contributed by atoms with E-state index in [4.69, 9.17) is 4.98 Å². The van der Waals surface area contributed by atoms with E-state index in [1.54, 1.807) is 6.33 Å². The van der Waals surface area contributed by atoms with Gasteiger partial charge in [-0.2, -0.15) is 0 Å². The van der Waals surface area contributed by atoms with Gasteiger partial charge in [0, 0.05) is 57.4 Å². The third-order valence-electron chi connectivity index (χ3n) is 6.48. The number of rotatable bonds is 4. The van der Waals surface area contributed by atoms with Crippen LogP contribution in [0.25, 0.3) is 0 Å². The maximum atomic E-state index is 4.70. The van der Waals surface area contributed by atoms with Gasteiger partial charge in [0.05, 0.1) is 5.69 Å². The maximum absolute atomic E-state index is 4.70. The van der Waals surface area contributed by atoms with Crippen molar-refractivity contribution in [2.45, 2.75) is 51.1 Å². The highest BCUT2D eigenvalue weighted by Gasteiger charge is 2.31. The molecule has 2 aliphatic heterocycles. The van der Waals surface area contributed by atoms with Crippen molar-refractivity contribution in [2.24, 2.45) is 5.92 Å². The molecule has 3 fully saturated rings. The van der Waals surface area contributed by atoms with Crippen molar-refractivity contribution < 1.29 is 0 Å². The van der Waals surface area contributed by atoms with Crippen LogP contribution in [0, 0.1) is 5.92 Å². The Morgan fingerprint density at radius 2 is 1.79 bits per heavy atom. The molecule has 4 aliphatic rings. The summed E-state index contributed by atoms with van der Waals surface area (Å²) >= 11 is 0. The fraction of sp³-hybridized carbons (Fsp3) is 0.789. The summed E-state index contributed by atoms with van der Waals surface area (Å²) in [6.07, 6.45) is 10.1. The number of fused-ring (bicyclic) bond motifs is 1. The molecule has 1 aromatic rings. The lowest BCUT2D eigenvalue weighted by atomic mass is 9.91. The highest BCUT2D eigenvalue weighted by atomic mass is 15.3. The Kier molecular flexibility index (Phi) is 3.94. The lowest BCUT2D eigenvalue weighted by Crippen LogP contribution is -2.52. The van der Waals surface area contributed by atoms with Crippen molar-refractivity contribution in [3.8, 4) is 0 Å². The van der Waals surface area contributed by atoms with Crippen molar-refractivity contribution in [2.75, 3.05) is 44.2 Å². The summed E-state index contributed by atoms with van der Waals surface area (Å²) in [5, 5.41) is 0. The zero-order valence-electron chi connectivity index (χ0n) is 14.7. The normalized spacial score (nSPS) is 26.2. The smallest absolute Gasteiger partial charge is 0.135 e. The minimum absolute atomic E-state index is 0.877. The molecule has 24 heavy (non-hydrogen) atoms. The number of hydrogen-bond donors (Lipinski definition) is 0. The number of anilines is 1. The van der Waals surface area contributed by atoms with Gasteiger partial charge in [-0.1, -0.05) is 6.42 Å². The largest absolute Gasteiger partial charge is 0.354 e. The first-order valence-corrected chi connectivity index (χ1v) is 9.91.